The molecule has 0 amide bonds. The van der Waals surface area contributed by atoms with Crippen molar-refractivity contribution in [3.8, 4) is 17.0 Å². The summed E-state index contributed by atoms with van der Waals surface area (Å²) in [6, 6.07) is 6.86. The Bertz CT molecular complexity index is 666. The lowest BCUT2D eigenvalue weighted by atomic mass is 10.1. The van der Waals surface area contributed by atoms with Gasteiger partial charge in [0.05, 0.1) is 12.7 Å². The summed E-state index contributed by atoms with van der Waals surface area (Å²) in [7, 11) is 1.55. The van der Waals surface area contributed by atoms with Gasteiger partial charge in [0.25, 0.3) is 0 Å². The van der Waals surface area contributed by atoms with E-state index in [1.807, 2.05) is 0 Å². The molecule has 1 heterocycles. The molecule has 0 saturated carbocycles. The molecule has 2 aromatic rings. The predicted molar refractivity (Wildman–Crippen MR) is 90.3 cm³/mol. The molecule has 4 nitrogen and oxygen atoms in total. The maximum Gasteiger partial charge on any atom is 0.234 e. The first-order valence-electron chi connectivity index (χ1n) is 5.66. The minimum Gasteiger partial charge on any atom is -0.497 e. The predicted octanol–water partition coefficient (Wildman–Crippen LogP) is 5.20. The van der Waals surface area contributed by atoms with E-state index in [0.717, 1.165) is 0 Å². The van der Waals surface area contributed by atoms with Crippen LogP contribution in [-0.4, -0.2) is 22.5 Å². The van der Waals surface area contributed by atoms with E-state index < -0.39 is 7.59 Å². The van der Waals surface area contributed by atoms with Gasteiger partial charge in [-0.25, -0.2) is 0 Å². The maximum absolute atomic E-state index is 6.01. The number of ether oxygens (including phenoxy) is 1. The van der Waals surface area contributed by atoms with Crippen molar-refractivity contribution in [1.29, 1.82) is 0 Å². The van der Waals surface area contributed by atoms with Crippen LogP contribution in [0.1, 0.15) is 11.3 Å². The number of methoxy groups -OCH3 is 1. The molecule has 0 bridgehead atoms. The SMILES string of the molecule is COc1ccc(-c2nnnc(C(Cl)(Cl)Cl)c2C(Cl)(Cl)Cl)cc1. The van der Waals surface area contributed by atoms with Gasteiger partial charge in [-0.3, -0.25) is 0 Å². The molecular weight excluding hydrogens is 415 g/mol. The van der Waals surface area contributed by atoms with Crippen LogP contribution in [-0.2, 0) is 7.59 Å². The van der Waals surface area contributed by atoms with Crippen molar-refractivity contribution in [3.05, 3.63) is 35.5 Å². The van der Waals surface area contributed by atoms with Crippen molar-refractivity contribution in [2.75, 3.05) is 7.11 Å². The number of rotatable bonds is 2. The second kappa shape index (κ2) is 6.71. The van der Waals surface area contributed by atoms with Crippen LogP contribution in [0.15, 0.2) is 24.3 Å². The maximum atomic E-state index is 6.01. The van der Waals surface area contributed by atoms with Crippen LogP contribution in [0.4, 0.5) is 0 Å². The molecular formula is C12H7Cl6N3O. The van der Waals surface area contributed by atoms with Crippen molar-refractivity contribution in [3.63, 3.8) is 0 Å². The van der Waals surface area contributed by atoms with Gasteiger partial charge in [-0.05, 0) is 29.5 Å². The number of benzene rings is 1. The molecule has 0 N–H and O–H groups in total. The summed E-state index contributed by atoms with van der Waals surface area (Å²) in [5.74, 6) is 0.655. The second-order valence-electron chi connectivity index (χ2n) is 4.09. The fourth-order valence-corrected chi connectivity index (χ4v) is 2.68. The van der Waals surface area contributed by atoms with Crippen LogP contribution < -0.4 is 4.74 Å². The van der Waals surface area contributed by atoms with Crippen molar-refractivity contribution < 1.29 is 4.74 Å². The van der Waals surface area contributed by atoms with Crippen LogP contribution in [0.3, 0.4) is 0 Å². The number of hydrogen-bond donors (Lipinski definition) is 0. The van der Waals surface area contributed by atoms with Gasteiger partial charge in [-0.1, -0.05) is 69.6 Å². The van der Waals surface area contributed by atoms with Gasteiger partial charge in [-0.15, -0.1) is 10.2 Å². The first-order chi connectivity index (χ1) is 10.1. The number of hydrogen-bond acceptors (Lipinski definition) is 4. The smallest absolute Gasteiger partial charge is 0.234 e. The van der Waals surface area contributed by atoms with Crippen molar-refractivity contribution in [2.45, 2.75) is 7.59 Å². The first kappa shape index (κ1) is 18.1. The molecule has 0 unspecified atom stereocenters. The highest BCUT2D eigenvalue weighted by Crippen LogP contribution is 2.49. The lowest BCUT2D eigenvalue weighted by molar-refractivity contribution is 0.415. The summed E-state index contributed by atoms with van der Waals surface area (Å²) in [5.41, 5.74) is 0.808. The van der Waals surface area contributed by atoms with Crippen LogP contribution >= 0.6 is 69.6 Å². The monoisotopic (exact) mass is 419 g/mol. The normalized spacial score (nSPS) is 12.3. The average Bonchev–Trinajstić information content (AvgIpc) is 2.45. The van der Waals surface area contributed by atoms with E-state index in [0.29, 0.717) is 11.3 Å². The zero-order chi connectivity index (χ0) is 16.5. The minimum atomic E-state index is -1.92. The fourth-order valence-electron chi connectivity index (χ4n) is 1.74. The Morgan fingerprint density at radius 2 is 1.45 bits per heavy atom. The number of halogens is 6. The number of aromatic nitrogens is 3. The lowest BCUT2D eigenvalue weighted by Crippen LogP contribution is -2.18. The molecule has 2 rings (SSSR count). The van der Waals surface area contributed by atoms with Crippen molar-refractivity contribution >= 4 is 69.6 Å². The molecule has 0 atom stereocenters. The third-order valence-electron chi connectivity index (χ3n) is 2.68. The summed E-state index contributed by atoms with van der Waals surface area (Å²) < 4.78 is 1.27. The molecule has 22 heavy (non-hydrogen) atoms. The summed E-state index contributed by atoms with van der Waals surface area (Å²) in [5, 5.41) is 11.2. The first-order valence-corrected chi connectivity index (χ1v) is 7.93. The van der Waals surface area contributed by atoms with Gasteiger partial charge in [-0.2, -0.15) is 0 Å². The van der Waals surface area contributed by atoms with Crippen LogP contribution in [0.25, 0.3) is 11.3 Å². The van der Waals surface area contributed by atoms with E-state index in [9.17, 15) is 0 Å². The molecule has 0 fully saturated rings. The Hall–Kier alpha value is -0.230. The van der Waals surface area contributed by atoms with Crippen LogP contribution in [0.5, 0.6) is 5.75 Å². The molecule has 118 valence electrons. The average molecular weight is 422 g/mol. The summed E-state index contributed by atoms with van der Waals surface area (Å²) >= 11 is 35.7. The Morgan fingerprint density at radius 1 is 0.864 bits per heavy atom. The Morgan fingerprint density at radius 3 is 1.91 bits per heavy atom. The zero-order valence-electron chi connectivity index (χ0n) is 10.8. The molecule has 10 heteroatoms. The Labute approximate surface area is 156 Å². The number of alkyl halides is 6. The lowest BCUT2D eigenvalue weighted by Gasteiger charge is -2.21. The van der Waals surface area contributed by atoms with Crippen molar-refractivity contribution in [2.24, 2.45) is 0 Å². The van der Waals surface area contributed by atoms with Gasteiger partial charge >= 0.3 is 0 Å². The molecule has 0 aliphatic rings. The van der Waals surface area contributed by atoms with E-state index in [1.165, 1.54) is 0 Å². The van der Waals surface area contributed by atoms with E-state index in [1.54, 1.807) is 31.4 Å². The topological polar surface area (TPSA) is 47.9 Å². The standard InChI is InChI=1S/C12H7Cl6N3O/c1-22-7-4-2-6(3-5-7)9-8(11(13,14)15)10(12(16,17)18)20-21-19-9/h2-5H,1H3. The van der Waals surface area contributed by atoms with Gasteiger partial charge in [0.1, 0.15) is 17.1 Å². The van der Waals surface area contributed by atoms with E-state index in [-0.39, 0.29) is 17.0 Å². The molecule has 0 radical (unpaired) electrons. The van der Waals surface area contributed by atoms with E-state index in [4.69, 9.17) is 74.3 Å². The quantitative estimate of drug-likeness (QED) is 0.625. The molecule has 0 spiro atoms. The van der Waals surface area contributed by atoms with Gasteiger partial charge in [0.2, 0.25) is 7.59 Å². The third-order valence-corrected chi connectivity index (χ3v) is 3.78. The molecule has 0 aliphatic heterocycles. The number of nitrogens with zero attached hydrogens (tertiary/aromatic N) is 3. The van der Waals surface area contributed by atoms with Gasteiger partial charge < -0.3 is 4.74 Å². The van der Waals surface area contributed by atoms with E-state index >= 15 is 0 Å². The van der Waals surface area contributed by atoms with E-state index in [2.05, 4.69) is 15.4 Å². The van der Waals surface area contributed by atoms with Crippen molar-refractivity contribution in [1.82, 2.24) is 15.4 Å². The third kappa shape index (κ3) is 3.99. The minimum absolute atomic E-state index is 0.0534. The Balaban J connectivity index is 2.70. The largest absolute Gasteiger partial charge is 0.497 e. The fraction of sp³-hybridized carbons (Fsp3) is 0.250. The zero-order valence-corrected chi connectivity index (χ0v) is 15.4. The van der Waals surface area contributed by atoms with Crippen LogP contribution in [0, 0.1) is 0 Å². The summed E-state index contributed by atoms with van der Waals surface area (Å²) in [6.07, 6.45) is 0. The highest BCUT2D eigenvalue weighted by molar-refractivity contribution is 6.69. The van der Waals surface area contributed by atoms with Gasteiger partial charge in [0.15, 0.2) is 0 Å². The Kier molecular flexibility index (Phi) is 5.53. The second-order valence-corrected chi connectivity index (χ2v) is 8.65. The molecule has 0 aliphatic carbocycles. The van der Waals surface area contributed by atoms with Crippen LogP contribution in [0.2, 0.25) is 0 Å². The summed E-state index contributed by atoms with van der Waals surface area (Å²) in [4.78, 5) is 0. The highest BCUT2D eigenvalue weighted by Gasteiger charge is 2.40. The highest BCUT2D eigenvalue weighted by atomic mass is 35.6. The van der Waals surface area contributed by atoms with Gasteiger partial charge in [0, 0.05) is 5.56 Å². The molecule has 0 saturated heterocycles. The molecule has 1 aromatic carbocycles. The summed E-state index contributed by atoms with van der Waals surface area (Å²) in [6.45, 7) is 0. The molecule has 1 aromatic heterocycles.